The predicted octanol–water partition coefficient (Wildman–Crippen LogP) is 10.5. The van der Waals surface area contributed by atoms with Gasteiger partial charge in [0.25, 0.3) is 0 Å². The van der Waals surface area contributed by atoms with Crippen molar-refractivity contribution in [2.45, 2.75) is 13.8 Å². The molecule has 9 rings (SSSR count). The molecule has 6 aromatic carbocycles. The van der Waals surface area contributed by atoms with Crippen LogP contribution in [0, 0.1) is 13.8 Å². The summed E-state index contributed by atoms with van der Waals surface area (Å²) in [5.41, 5.74) is 12.7. The summed E-state index contributed by atoms with van der Waals surface area (Å²) < 4.78 is 2.24. The first kappa shape index (κ1) is 27.1. The predicted molar refractivity (Wildman–Crippen MR) is 193 cm³/mol. The fraction of sp³-hybridized carbons (Fsp3) is 0.0476. The van der Waals surface area contributed by atoms with Crippen molar-refractivity contribution in [3.63, 3.8) is 0 Å². The van der Waals surface area contributed by atoms with Crippen LogP contribution in [0.15, 0.2) is 133 Å². The quantitative estimate of drug-likeness (QED) is 0.209. The van der Waals surface area contributed by atoms with Crippen LogP contribution in [0.25, 0.3) is 83.2 Å². The van der Waals surface area contributed by atoms with Crippen molar-refractivity contribution in [1.82, 2.24) is 19.5 Å². The number of imidazole rings is 1. The molecule has 0 spiro atoms. The summed E-state index contributed by atoms with van der Waals surface area (Å²) in [6, 6.07) is 45.8. The third-order valence-corrected chi connectivity index (χ3v) is 9.11. The fourth-order valence-corrected chi connectivity index (χ4v) is 7.12. The maximum atomic E-state index is 11.1. The van der Waals surface area contributed by atoms with Crippen LogP contribution >= 0.6 is 0 Å². The second-order valence-corrected chi connectivity index (χ2v) is 12.3. The number of hydrogen-bond acceptors (Lipinski definition) is 3. The van der Waals surface area contributed by atoms with E-state index in [0.717, 1.165) is 72.3 Å². The van der Waals surface area contributed by atoms with Crippen LogP contribution in [0.2, 0.25) is 0 Å². The number of hydrogen-bond donors (Lipinski definition) is 2. The Morgan fingerprint density at radius 2 is 1.28 bits per heavy atom. The lowest BCUT2D eigenvalue weighted by Gasteiger charge is -2.13. The molecule has 0 unspecified atom stereocenters. The Morgan fingerprint density at radius 1 is 0.574 bits per heavy atom. The molecule has 5 nitrogen and oxygen atoms in total. The number of aromatic amines is 1. The Labute approximate surface area is 271 Å². The van der Waals surface area contributed by atoms with Crippen molar-refractivity contribution in [2.75, 3.05) is 0 Å². The van der Waals surface area contributed by atoms with Crippen molar-refractivity contribution in [2.24, 2.45) is 0 Å². The minimum atomic E-state index is 0.156. The Hall–Kier alpha value is -6.20. The monoisotopic (exact) mass is 606 g/mol. The van der Waals surface area contributed by atoms with E-state index in [1.165, 1.54) is 16.5 Å². The summed E-state index contributed by atoms with van der Waals surface area (Å²) in [6.07, 6.45) is 0. The van der Waals surface area contributed by atoms with E-state index < -0.39 is 0 Å². The second kappa shape index (κ2) is 10.4. The van der Waals surface area contributed by atoms with Gasteiger partial charge in [0, 0.05) is 38.5 Å². The lowest BCUT2D eigenvalue weighted by atomic mass is 9.95. The number of nitrogens with zero attached hydrogens (tertiary/aromatic N) is 3. The van der Waals surface area contributed by atoms with Gasteiger partial charge in [0.1, 0.15) is 17.1 Å². The average molecular weight is 607 g/mol. The highest BCUT2D eigenvalue weighted by Gasteiger charge is 2.22. The SMILES string of the molecule is Cc1cc(C)cc(-c2cc(-c3cccc4c3nc(-c3cccc5c3[nH]c3ccccc35)n4-c3ccccc3)nc3c(O)cccc23)c1. The molecule has 0 saturated carbocycles. The van der Waals surface area contributed by atoms with Gasteiger partial charge >= 0.3 is 0 Å². The first-order valence-electron chi connectivity index (χ1n) is 15.8. The summed E-state index contributed by atoms with van der Waals surface area (Å²) in [7, 11) is 0. The van der Waals surface area contributed by atoms with Gasteiger partial charge in [0.2, 0.25) is 0 Å². The van der Waals surface area contributed by atoms with Crippen LogP contribution in [0.3, 0.4) is 0 Å². The molecule has 224 valence electrons. The van der Waals surface area contributed by atoms with Crippen LogP contribution < -0.4 is 0 Å². The number of phenols is 1. The number of H-pyrrole nitrogens is 1. The number of aromatic nitrogens is 4. The highest BCUT2D eigenvalue weighted by molar-refractivity contribution is 6.12. The van der Waals surface area contributed by atoms with Gasteiger partial charge in [-0.1, -0.05) is 102 Å². The minimum Gasteiger partial charge on any atom is -0.506 e. The van der Waals surface area contributed by atoms with Gasteiger partial charge in [0.15, 0.2) is 0 Å². The number of pyridine rings is 1. The van der Waals surface area contributed by atoms with Crippen LogP contribution in [0.1, 0.15) is 11.1 Å². The van der Waals surface area contributed by atoms with Gasteiger partial charge in [-0.25, -0.2) is 9.97 Å². The van der Waals surface area contributed by atoms with E-state index in [1.807, 2.05) is 18.2 Å². The zero-order valence-corrected chi connectivity index (χ0v) is 26.0. The molecule has 47 heavy (non-hydrogen) atoms. The maximum Gasteiger partial charge on any atom is 0.147 e. The van der Waals surface area contributed by atoms with Gasteiger partial charge in [-0.2, -0.15) is 0 Å². The second-order valence-electron chi connectivity index (χ2n) is 12.3. The molecule has 0 radical (unpaired) electrons. The molecule has 2 N–H and O–H groups in total. The molecule has 9 aromatic rings. The number of nitrogens with one attached hydrogen (secondary N) is 1. The molecular formula is C42H30N4O. The number of rotatable bonds is 4. The summed E-state index contributed by atoms with van der Waals surface area (Å²) in [6.45, 7) is 4.23. The third kappa shape index (κ3) is 4.32. The summed E-state index contributed by atoms with van der Waals surface area (Å²) >= 11 is 0. The standard InChI is InChI=1S/C42H30N4O/c1-25-21-26(2)23-27(22-25)34-24-36(44-41-31(34)15-10-20-38(41)47)32-16-9-19-37-40(32)45-42(46(37)28-11-4-3-5-12-28)33-17-8-14-30-29-13-6-7-18-35(29)43-39(30)33/h3-24,43,47H,1-2H3. The molecule has 3 heterocycles. The molecule has 0 fully saturated rings. The Bertz CT molecular complexity index is 2640. The number of fused-ring (bicyclic) bond motifs is 5. The van der Waals surface area contributed by atoms with E-state index >= 15 is 0 Å². The smallest absolute Gasteiger partial charge is 0.147 e. The summed E-state index contributed by atoms with van der Waals surface area (Å²) in [5.74, 6) is 0.997. The molecule has 5 heteroatoms. The topological polar surface area (TPSA) is 66.7 Å². The van der Waals surface area contributed by atoms with E-state index in [4.69, 9.17) is 9.97 Å². The number of benzene rings is 6. The normalized spacial score (nSPS) is 11.7. The number of aromatic hydroxyl groups is 1. The average Bonchev–Trinajstić information content (AvgIpc) is 3.67. The lowest BCUT2D eigenvalue weighted by Crippen LogP contribution is -1.97. The molecule has 3 aromatic heterocycles. The van der Waals surface area contributed by atoms with Crippen molar-refractivity contribution in [3.8, 4) is 45.2 Å². The third-order valence-electron chi connectivity index (χ3n) is 9.11. The Morgan fingerprint density at radius 3 is 2.13 bits per heavy atom. The van der Waals surface area contributed by atoms with E-state index in [2.05, 4.69) is 133 Å². The zero-order chi connectivity index (χ0) is 31.6. The Balaban J connectivity index is 1.36. The van der Waals surface area contributed by atoms with Gasteiger partial charge in [-0.3, -0.25) is 4.57 Å². The largest absolute Gasteiger partial charge is 0.506 e. The molecule has 0 aliphatic carbocycles. The molecule has 0 aliphatic heterocycles. The number of phenolic OH excluding ortho intramolecular Hbond substituents is 1. The van der Waals surface area contributed by atoms with E-state index in [1.54, 1.807) is 6.07 Å². The molecule has 0 amide bonds. The molecule has 0 saturated heterocycles. The fourth-order valence-electron chi connectivity index (χ4n) is 7.12. The number of para-hydroxylation sites is 5. The first-order chi connectivity index (χ1) is 23.0. The lowest BCUT2D eigenvalue weighted by molar-refractivity contribution is 0.480. The van der Waals surface area contributed by atoms with Crippen molar-refractivity contribution >= 4 is 43.7 Å². The van der Waals surface area contributed by atoms with Gasteiger partial charge in [-0.15, -0.1) is 0 Å². The molecule has 0 aliphatic rings. The van der Waals surface area contributed by atoms with E-state index in [-0.39, 0.29) is 5.75 Å². The maximum absolute atomic E-state index is 11.1. The molecule has 0 atom stereocenters. The van der Waals surface area contributed by atoms with Gasteiger partial charge in [-0.05, 0) is 67.4 Å². The van der Waals surface area contributed by atoms with E-state index in [0.29, 0.717) is 5.52 Å². The zero-order valence-electron chi connectivity index (χ0n) is 26.0. The van der Waals surface area contributed by atoms with E-state index in [9.17, 15) is 5.11 Å². The van der Waals surface area contributed by atoms with Gasteiger partial charge in [0.05, 0.1) is 22.2 Å². The van der Waals surface area contributed by atoms with Crippen LogP contribution in [-0.2, 0) is 0 Å². The first-order valence-corrected chi connectivity index (χ1v) is 15.8. The number of aryl methyl sites for hydroxylation is 2. The minimum absolute atomic E-state index is 0.156. The van der Waals surface area contributed by atoms with Crippen molar-refractivity contribution < 1.29 is 5.11 Å². The van der Waals surface area contributed by atoms with Crippen molar-refractivity contribution in [1.29, 1.82) is 0 Å². The van der Waals surface area contributed by atoms with Crippen molar-refractivity contribution in [3.05, 3.63) is 145 Å². The highest BCUT2D eigenvalue weighted by atomic mass is 16.3. The molecule has 0 bridgehead atoms. The van der Waals surface area contributed by atoms with Crippen LogP contribution in [0.4, 0.5) is 0 Å². The van der Waals surface area contributed by atoms with Gasteiger partial charge < -0.3 is 10.1 Å². The highest BCUT2D eigenvalue weighted by Crippen LogP contribution is 2.41. The molecular weight excluding hydrogens is 576 g/mol. The Kier molecular flexibility index (Phi) is 6.02. The summed E-state index contributed by atoms with van der Waals surface area (Å²) in [5, 5.41) is 14.3. The van der Waals surface area contributed by atoms with Crippen LogP contribution in [0.5, 0.6) is 5.75 Å². The summed E-state index contributed by atoms with van der Waals surface area (Å²) in [4.78, 5) is 14.2. The van der Waals surface area contributed by atoms with Crippen LogP contribution in [-0.4, -0.2) is 24.6 Å².